The van der Waals surface area contributed by atoms with Gasteiger partial charge in [0.15, 0.2) is 5.78 Å². The van der Waals surface area contributed by atoms with E-state index in [1.54, 1.807) is 13.0 Å². The predicted molar refractivity (Wildman–Crippen MR) is 53.0 cm³/mol. The zero-order valence-electron chi connectivity index (χ0n) is 8.08. The predicted octanol–water partition coefficient (Wildman–Crippen LogP) is 2.44. The van der Waals surface area contributed by atoms with Crippen LogP contribution in [0.1, 0.15) is 35.7 Å². The van der Waals surface area contributed by atoms with Gasteiger partial charge < -0.3 is 0 Å². The number of carbonyl (C=O) groups excluding carboxylic acids is 1. The molecule has 0 aliphatic heterocycles. The number of Topliss-reactive ketones (excluding diaryl/α,β-unsaturated/α-hetero) is 1. The molecule has 0 aromatic heterocycles. The van der Waals surface area contributed by atoms with E-state index in [0.717, 1.165) is 18.4 Å². The van der Waals surface area contributed by atoms with Crippen LogP contribution in [0.4, 0.5) is 0 Å². The van der Waals surface area contributed by atoms with Crippen molar-refractivity contribution >= 4 is 5.78 Å². The van der Waals surface area contributed by atoms with E-state index in [1.807, 2.05) is 18.2 Å². The molecule has 0 unspecified atom stereocenters. The Bertz CT molecular complexity index is 424. The summed E-state index contributed by atoms with van der Waals surface area (Å²) in [6, 6.07) is 9.74. The Morgan fingerprint density at radius 3 is 2.57 bits per heavy atom. The molecule has 14 heavy (non-hydrogen) atoms. The third kappa shape index (κ3) is 1.22. The van der Waals surface area contributed by atoms with Crippen LogP contribution in [-0.2, 0) is 5.41 Å². The van der Waals surface area contributed by atoms with Gasteiger partial charge in [-0.2, -0.15) is 5.26 Å². The summed E-state index contributed by atoms with van der Waals surface area (Å²) in [5.41, 5.74) is 1.25. The summed E-state index contributed by atoms with van der Waals surface area (Å²) in [5, 5.41) is 9.05. The van der Waals surface area contributed by atoms with Gasteiger partial charge in [-0.15, -0.1) is 0 Å². The fourth-order valence-electron chi connectivity index (χ4n) is 1.77. The van der Waals surface area contributed by atoms with E-state index in [4.69, 9.17) is 5.26 Å². The number of nitrogens with zero attached hydrogens (tertiary/aromatic N) is 1. The molecule has 2 nitrogen and oxygen atoms in total. The Morgan fingerprint density at radius 2 is 2.07 bits per heavy atom. The lowest BCUT2D eigenvalue weighted by Gasteiger charge is -2.10. The number of hydrogen-bond acceptors (Lipinski definition) is 2. The van der Waals surface area contributed by atoms with Gasteiger partial charge in [0.2, 0.25) is 0 Å². The van der Waals surface area contributed by atoms with Crippen molar-refractivity contribution in [3.8, 4) is 6.07 Å². The Balaban J connectivity index is 2.54. The molecule has 1 aliphatic carbocycles. The van der Waals surface area contributed by atoms with Crippen molar-refractivity contribution in [3.05, 3.63) is 35.4 Å². The van der Waals surface area contributed by atoms with E-state index < -0.39 is 0 Å². The van der Waals surface area contributed by atoms with Crippen LogP contribution in [0, 0.1) is 11.3 Å². The van der Waals surface area contributed by atoms with E-state index in [1.165, 1.54) is 0 Å². The summed E-state index contributed by atoms with van der Waals surface area (Å²) in [7, 11) is 0. The average molecular weight is 185 g/mol. The highest BCUT2D eigenvalue weighted by molar-refractivity contribution is 5.96. The lowest BCUT2D eigenvalue weighted by molar-refractivity contribution is 0.101. The number of rotatable bonds is 2. The molecule has 2 heteroatoms. The maximum atomic E-state index is 11.3. The third-order valence-electron chi connectivity index (χ3n) is 2.79. The molecule has 1 fully saturated rings. The Kier molecular flexibility index (Phi) is 1.89. The SMILES string of the molecule is CC(=O)c1ccccc1C1(C#N)CC1. The molecule has 0 radical (unpaired) electrons. The van der Waals surface area contributed by atoms with Gasteiger partial charge in [-0.25, -0.2) is 0 Å². The van der Waals surface area contributed by atoms with Crippen molar-refractivity contribution in [2.75, 3.05) is 0 Å². The van der Waals surface area contributed by atoms with Crippen molar-refractivity contribution in [1.29, 1.82) is 5.26 Å². The zero-order valence-corrected chi connectivity index (χ0v) is 8.08. The van der Waals surface area contributed by atoms with E-state index >= 15 is 0 Å². The monoisotopic (exact) mass is 185 g/mol. The molecule has 1 aromatic carbocycles. The minimum atomic E-state index is -0.359. The van der Waals surface area contributed by atoms with Gasteiger partial charge in [0.1, 0.15) is 0 Å². The summed E-state index contributed by atoms with van der Waals surface area (Å²) in [6.45, 7) is 1.55. The molecule has 1 saturated carbocycles. The number of benzene rings is 1. The maximum Gasteiger partial charge on any atom is 0.160 e. The largest absolute Gasteiger partial charge is 0.295 e. The van der Waals surface area contributed by atoms with Gasteiger partial charge in [-0.05, 0) is 25.3 Å². The van der Waals surface area contributed by atoms with Crippen molar-refractivity contribution in [2.24, 2.45) is 0 Å². The number of carbonyl (C=O) groups is 1. The second-order valence-corrected chi connectivity index (χ2v) is 3.80. The molecule has 0 spiro atoms. The van der Waals surface area contributed by atoms with Crippen molar-refractivity contribution in [1.82, 2.24) is 0 Å². The van der Waals surface area contributed by atoms with Crippen LogP contribution < -0.4 is 0 Å². The van der Waals surface area contributed by atoms with E-state index in [0.29, 0.717) is 5.56 Å². The molecule has 0 amide bonds. The first kappa shape index (κ1) is 8.96. The highest BCUT2D eigenvalue weighted by atomic mass is 16.1. The van der Waals surface area contributed by atoms with Crippen LogP contribution in [-0.4, -0.2) is 5.78 Å². The molecular formula is C12H11NO. The number of ketones is 1. The summed E-state index contributed by atoms with van der Waals surface area (Å²) in [5.74, 6) is 0.0436. The highest BCUT2D eigenvalue weighted by Crippen LogP contribution is 2.48. The number of hydrogen-bond donors (Lipinski definition) is 0. The zero-order chi connectivity index (χ0) is 10.2. The normalized spacial score (nSPS) is 17.1. The molecule has 2 rings (SSSR count). The average Bonchev–Trinajstić information content (AvgIpc) is 2.98. The van der Waals surface area contributed by atoms with E-state index in [-0.39, 0.29) is 11.2 Å². The molecule has 0 N–H and O–H groups in total. The molecule has 0 heterocycles. The summed E-state index contributed by atoms with van der Waals surface area (Å²) < 4.78 is 0. The quantitative estimate of drug-likeness (QED) is 0.664. The van der Waals surface area contributed by atoms with Crippen molar-refractivity contribution in [3.63, 3.8) is 0 Å². The summed E-state index contributed by atoms with van der Waals surface area (Å²) >= 11 is 0. The van der Waals surface area contributed by atoms with Gasteiger partial charge in [0.05, 0.1) is 11.5 Å². The fourth-order valence-corrected chi connectivity index (χ4v) is 1.77. The first-order chi connectivity index (χ1) is 6.69. The van der Waals surface area contributed by atoms with E-state index in [2.05, 4.69) is 6.07 Å². The molecule has 0 atom stereocenters. The molecule has 70 valence electrons. The fraction of sp³-hybridized carbons (Fsp3) is 0.333. The molecule has 0 saturated heterocycles. The van der Waals surface area contributed by atoms with Crippen LogP contribution in [0.2, 0.25) is 0 Å². The van der Waals surface area contributed by atoms with Crippen molar-refractivity contribution < 1.29 is 4.79 Å². The van der Waals surface area contributed by atoms with Crippen LogP contribution in [0.25, 0.3) is 0 Å². The van der Waals surface area contributed by atoms with Crippen LogP contribution >= 0.6 is 0 Å². The minimum absolute atomic E-state index is 0.0436. The first-order valence-corrected chi connectivity index (χ1v) is 4.71. The lowest BCUT2D eigenvalue weighted by atomic mass is 9.91. The smallest absolute Gasteiger partial charge is 0.160 e. The van der Waals surface area contributed by atoms with Crippen LogP contribution in [0.15, 0.2) is 24.3 Å². The van der Waals surface area contributed by atoms with Gasteiger partial charge in [-0.3, -0.25) is 4.79 Å². The van der Waals surface area contributed by atoms with Crippen LogP contribution in [0.3, 0.4) is 0 Å². The lowest BCUT2D eigenvalue weighted by Crippen LogP contribution is -2.09. The van der Waals surface area contributed by atoms with Gasteiger partial charge in [0, 0.05) is 5.56 Å². The summed E-state index contributed by atoms with van der Waals surface area (Å²) in [4.78, 5) is 11.3. The molecular weight excluding hydrogens is 174 g/mol. The van der Waals surface area contributed by atoms with Gasteiger partial charge in [-0.1, -0.05) is 24.3 Å². The van der Waals surface area contributed by atoms with E-state index in [9.17, 15) is 4.79 Å². The van der Waals surface area contributed by atoms with Crippen LogP contribution in [0.5, 0.6) is 0 Å². The standard InChI is InChI=1S/C12H11NO/c1-9(14)10-4-2-3-5-11(10)12(8-13)6-7-12/h2-5H,6-7H2,1H3. The second kappa shape index (κ2) is 2.95. The van der Waals surface area contributed by atoms with Crippen molar-refractivity contribution in [2.45, 2.75) is 25.2 Å². The first-order valence-electron chi connectivity index (χ1n) is 4.71. The minimum Gasteiger partial charge on any atom is -0.295 e. The Hall–Kier alpha value is -1.62. The van der Waals surface area contributed by atoms with Gasteiger partial charge in [0.25, 0.3) is 0 Å². The topological polar surface area (TPSA) is 40.9 Å². The molecule has 1 aliphatic rings. The summed E-state index contributed by atoms with van der Waals surface area (Å²) in [6.07, 6.45) is 1.77. The van der Waals surface area contributed by atoms with Gasteiger partial charge >= 0.3 is 0 Å². The number of nitriles is 1. The third-order valence-corrected chi connectivity index (χ3v) is 2.79. The second-order valence-electron chi connectivity index (χ2n) is 3.80. The Labute approximate surface area is 83.2 Å². The Morgan fingerprint density at radius 1 is 1.43 bits per heavy atom. The highest BCUT2D eigenvalue weighted by Gasteiger charge is 2.46. The molecule has 0 bridgehead atoms. The molecule has 1 aromatic rings. The maximum absolute atomic E-state index is 11.3.